The third-order valence-electron chi connectivity index (χ3n) is 5.89. The number of benzene rings is 1. The van der Waals surface area contributed by atoms with Crippen LogP contribution in [0.25, 0.3) is 0 Å². The fraction of sp³-hybridized carbons (Fsp3) is 0.714. The lowest BCUT2D eigenvalue weighted by atomic mass is 9.81. The molecule has 2 aliphatic rings. The van der Waals surface area contributed by atoms with Gasteiger partial charge in [0.15, 0.2) is 0 Å². The number of rotatable bonds is 3. The highest BCUT2D eigenvalue weighted by molar-refractivity contribution is 5.41. The fourth-order valence-electron chi connectivity index (χ4n) is 4.17. The maximum absolute atomic E-state index is 9.79. The van der Waals surface area contributed by atoms with Crippen molar-refractivity contribution in [1.29, 1.82) is 0 Å². The van der Waals surface area contributed by atoms with E-state index in [9.17, 15) is 10.2 Å². The van der Waals surface area contributed by atoms with E-state index in [1.54, 1.807) is 6.07 Å². The van der Waals surface area contributed by atoms with Crippen molar-refractivity contribution in [3.05, 3.63) is 23.8 Å². The molecular weight excluding hydrogens is 298 g/mol. The lowest BCUT2D eigenvalue weighted by molar-refractivity contribution is 0.349. The summed E-state index contributed by atoms with van der Waals surface area (Å²) in [6.07, 6.45) is 13.4. The summed E-state index contributed by atoms with van der Waals surface area (Å²) in [5, 5.41) is 22.3. The molecule has 2 aliphatic carbocycles. The summed E-state index contributed by atoms with van der Waals surface area (Å²) in [6, 6.07) is 5.55. The lowest BCUT2D eigenvalue weighted by Gasteiger charge is -2.28. The van der Waals surface area contributed by atoms with Gasteiger partial charge in [-0.3, -0.25) is 0 Å². The van der Waals surface area contributed by atoms with Crippen LogP contribution in [0.3, 0.4) is 0 Å². The van der Waals surface area contributed by atoms with Gasteiger partial charge in [0.25, 0.3) is 0 Å². The summed E-state index contributed by atoms with van der Waals surface area (Å²) in [7, 11) is 2.00. The van der Waals surface area contributed by atoms with Crippen molar-refractivity contribution in [2.75, 3.05) is 7.05 Å². The highest BCUT2D eigenvalue weighted by Crippen LogP contribution is 2.38. The van der Waals surface area contributed by atoms with Crippen LogP contribution >= 0.6 is 0 Å². The summed E-state index contributed by atoms with van der Waals surface area (Å²) in [5.74, 6) is 1.88. The van der Waals surface area contributed by atoms with Crippen LogP contribution in [0, 0.1) is 5.92 Å². The molecule has 0 atom stereocenters. The van der Waals surface area contributed by atoms with Gasteiger partial charge in [0.05, 0.1) is 0 Å². The zero-order chi connectivity index (χ0) is 17.4. The van der Waals surface area contributed by atoms with Crippen LogP contribution in [-0.2, 0) is 0 Å². The minimum Gasteiger partial charge on any atom is -0.508 e. The van der Waals surface area contributed by atoms with E-state index in [0.717, 1.165) is 37.2 Å². The van der Waals surface area contributed by atoms with E-state index in [1.165, 1.54) is 44.6 Å². The Morgan fingerprint density at radius 3 is 2.12 bits per heavy atom. The van der Waals surface area contributed by atoms with Gasteiger partial charge in [0.2, 0.25) is 0 Å². The molecule has 0 heterocycles. The summed E-state index contributed by atoms with van der Waals surface area (Å²) in [6.45, 7) is 2.32. The Bertz CT molecular complexity index is 475. The molecule has 1 aromatic carbocycles. The van der Waals surface area contributed by atoms with Crippen molar-refractivity contribution in [3.63, 3.8) is 0 Å². The van der Waals surface area contributed by atoms with Gasteiger partial charge in [-0.1, -0.05) is 51.5 Å². The highest BCUT2D eigenvalue weighted by atomic mass is 16.3. The smallest absolute Gasteiger partial charge is 0.122 e. The molecule has 0 aliphatic heterocycles. The number of hydrogen-bond donors (Lipinski definition) is 3. The van der Waals surface area contributed by atoms with Crippen LogP contribution in [0.2, 0.25) is 0 Å². The van der Waals surface area contributed by atoms with Crippen molar-refractivity contribution in [2.45, 2.75) is 83.1 Å². The molecule has 3 rings (SSSR count). The van der Waals surface area contributed by atoms with E-state index in [-0.39, 0.29) is 11.5 Å². The van der Waals surface area contributed by atoms with E-state index in [1.807, 2.05) is 13.1 Å². The van der Waals surface area contributed by atoms with Crippen molar-refractivity contribution in [3.8, 4) is 11.5 Å². The van der Waals surface area contributed by atoms with Crippen molar-refractivity contribution in [2.24, 2.45) is 5.92 Å². The van der Waals surface area contributed by atoms with E-state index in [4.69, 9.17) is 0 Å². The molecule has 0 bridgehead atoms. The van der Waals surface area contributed by atoms with Crippen LogP contribution in [0.4, 0.5) is 0 Å². The standard InChI is InChI=1S/C13H19NO2.C8H16/c1-14-10-4-2-9(3-5-10)12-7-6-11(15)8-13(12)16;1-2-8-6-4-3-5-7-8/h6-10,14-16H,2-5H2,1H3;8H,2-7H2,1H3. The molecule has 0 unspecified atom stereocenters. The third-order valence-corrected chi connectivity index (χ3v) is 5.89. The maximum atomic E-state index is 9.79. The Labute approximate surface area is 147 Å². The van der Waals surface area contributed by atoms with Crippen LogP contribution in [0.1, 0.15) is 82.6 Å². The maximum Gasteiger partial charge on any atom is 0.122 e. The van der Waals surface area contributed by atoms with Gasteiger partial charge >= 0.3 is 0 Å². The average molecular weight is 334 g/mol. The molecule has 136 valence electrons. The lowest BCUT2D eigenvalue weighted by Crippen LogP contribution is -2.29. The number of phenolic OH excluding ortho intramolecular Hbond substituents is 2. The molecule has 0 aromatic heterocycles. The average Bonchev–Trinajstić information content (AvgIpc) is 2.63. The molecule has 0 spiro atoms. The highest BCUT2D eigenvalue weighted by Gasteiger charge is 2.23. The Morgan fingerprint density at radius 1 is 0.958 bits per heavy atom. The van der Waals surface area contributed by atoms with Crippen molar-refractivity contribution in [1.82, 2.24) is 5.32 Å². The van der Waals surface area contributed by atoms with Gasteiger partial charge in [0.1, 0.15) is 11.5 Å². The minimum atomic E-state index is 0.130. The van der Waals surface area contributed by atoms with E-state index < -0.39 is 0 Å². The Balaban J connectivity index is 0.000000219. The Hall–Kier alpha value is -1.22. The summed E-state index contributed by atoms with van der Waals surface area (Å²) < 4.78 is 0. The molecule has 0 radical (unpaired) electrons. The monoisotopic (exact) mass is 333 g/mol. The quantitative estimate of drug-likeness (QED) is 0.701. The third kappa shape index (κ3) is 5.70. The van der Waals surface area contributed by atoms with Crippen LogP contribution in [0.5, 0.6) is 11.5 Å². The molecule has 0 amide bonds. The van der Waals surface area contributed by atoms with Gasteiger partial charge in [0, 0.05) is 12.1 Å². The second kappa shape index (κ2) is 9.93. The second-order valence-corrected chi connectivity index (χ2v) is 7.49. The number of phenols is 2. The van der Waals surface area contributed by atoms with Gasteiger partial charge in [-0.2, -0.15) is 0 Å². The first-order valence-electron chi connectivity index (χ1n) is 9.83. The molecular formula is C21H35NO2. The predicted molar refractivity (Wildman–Crippen MR) is 101 cm³/mol. The van der Waals surface area contributed by atoms with Crippen molar-refractivity contribution < 1.29 is 10.2 Å². The van der Waals surface area contributed by atoms with Crippen LogP contribution in [-0.4, -0.2) is 23.3 Å². The summed E-state index contributed by atoms with van der Waals surface area (Å²) >= 11 is 0. The molecule has 3 heteroatoms. The van der Waals surface area contributed by atoms with E-state index >= 15 is 0 Å². The molecule has 1 aromatic rings. The van der Waals surface area contributed by atoms with E-state index in [2.05, 4.69) is 12.2 Å². The molecule has 0 saturated heterocycles. The minimum absolute atomic E-state index is 0.130. The molecule has 2 saturated carbocycles. The Morgan fingerprint density at radius 2 is 1.62 bits per heavy atom. The predicted octanol–water partition coefficient (Wildman–Crippen LogP) is 5.32. The van der Waals surface area contributed by atoms with Crippen molar-refractivity contribution >= 4 is 0 Å². The Kier molecular flexibility index (Phi) is 7.90. The summed E-state index contributed by atoms with van der Waals surface area (Å²) in [5.41, 5.74) is 0.979. The first kappa shape index (κ1) is 19.1. The zero-order valence-corrected chi connectivity index (χ0v) is 15.4. The topological polar surface area (TPSA) is 52.5 Å². The second-order valence-electron chi connectivity index (χ2n) is 7.49. The van der Waals surface area contributed by atoms with Gasteiger partial charge in [-0.15, -0.1) is 0 Å². The fourth-order valence-corrected chi connectivity index (χ4v) is 4.17. The first-order chi connectivity index (χ1) is 11.6. The van der Waals surface area contributed by atoms with Gasteiger partial charge < -0.3 is 15.5 Å². The zero-order valence-electron chi connectivity index (χ0n) is 15.4. The van der Waals surface area contributed by atoms with Gasteiger partial charge in [-0.25, -0.2) is 0 Å². The largest absolute Gasteiger partial charge is 0.508 e. The SMILES string of the molecule is CCC1CCCCC1.CNC1CCC(c2ccc(O)cc2O)CC1. The summed E-state index contributed by atoms with van der Waals surface area (Å²) in [4.78, 5) is 0. The van der Waals surface area contributed by atoms with Crippen LogP contribution in [0.15, 0.2) is 18.2 Å². The van der Waals surface area contributed by atoms with E-state index in [0.29, 0.717) is 12.0 Å². The van der Waals surface area contributed by atoms with Gasteiger partial charge in [-0.05, 0) is 56.2 Å². The molecule has 24 heavy (non-hydrogen) atoms. The first-order valence-corrected chi connectivity index (χ1v) is 9.83. The molecule has 3 nitrogen and oxygen atoms in total. The molecule has 2 fully saturated rings. The number of hydrogen-bond acceptors (Lipinski definition) is 3. The number of aromatic hydroxyl groups is 2. The van der Waals surface area contributed by atoms with Crippen LogP contribution < -0.4 is 5.32 Å². The molecule has 3 N–H and O–H groups in total. The normalized spacial score (nSPS) is 24.9. The number of nitrogens with one attached hydrogen (secondary N) is 1.